The molecule has 0 bridgehead atoms. The molecule has 2 unspecified atom stereocenters. The minimum atomic E-state index is 0.986. The number of hydrogen-bond donors (Lipinski definition) is 2. The molecule has 0 amide bonds. The minimum Gasteiger partial charge on any atom is -0.316 e. The second-order valence-electron chi connectivity index (χ2n) is 3.95. The largest absolute Gasteiger partial charge is 0.316 e. The van der Waals surface area contributed by atoms with Crippen LogP contribution in [0.1, 0.15) is 19.3 Å². The maximum Gasteiger partial charge on any atom is -0.00199 e. The molecule has 2 rings (SSSR count). The topological polar surface area (TPSA) is 24.1 Å². The van der Waals surface area contributed by atoms with Crippen LogP contribution in [-0.2, 0) is 0 Å². The van der Waals surface area contributed by atoms with Gasteiger partial charge in [-0.1, -0.05) is 0 Å². The van der Waals surface area contributed by atoms with Gasteiger partial charge in [-0.25, -0.2) is 0 Å². The van der Waals surface area contributed by atoms with E-state index in [0.717, 1.165) is 11.8 Å². The average Bonchev–Trinajstić information content (AvgIpc) is 2.60. The molecule has 2 heteroatoms. The van der Waals surface area contributed by atoms with E-state index in [1.54, 1.807) is 0 Å². The van der Waals surface area contributed by atoms with E-state index in [1.165, 1.54) is 45.4 Å². The van der Waals surface area contributed by atoms with Gasteiger partial charge in [-0.3, -0.25) is 0 Å². The Bertz CT molecular complexity index is 98.7. The minimum absolute atomic E-state index is 0.986. The van der Waals surface area contributed by atoms with Crippen LogP contribution in [0, 0.1) is 11.8 Å². The fourth-order valence-corrected chi connectivity index (χ4v) is 2.30. The third kappa shape index (κ3) is 1.94. The summed E-state index contributed by atoms with van der Waals surface area (Å²) in [6, 6.07) is 0. The molecule has 2 aliphatic rings. The van der Waals surface area contributed by atoms with Crippen molar-refractivity contribution >= 4 is 0 Å². The Morgan fingerprint density at radius 2 is 1.45 bits per heavy atom. The standard InChI is InChI=1S/C9H18N2/c1-3-10-6-8(1)5-9-2-4-11-7-9/h8-11H,1-7H2. The molecule has 2 aliphatic heterocycles. The van der Waals surface area contributed by atoms with E-state index >= 15 is 0 Å². The van der Waals surface area contributed by atoms with Gasteiger partial charge in [0.25, 0.3) is 0 Å². The molecule has 2 saturated heterocycles. The Morgan fingerprint density at radius 3 is 1.82 bits per heavy atom. The van der Waals surface area contributed by atoms with Crippen molar-refractivity contribution in [2.45, 2.75) is 19.3 Å². The summed E-state index contributed by atoms with van der Waals surface area (Å²) in [6.07, 6.45) is 4.28. The highest BCUT2D eigenvalue weighted by Crippen LogP contribution is 2.22. The smallest absolute Gasteiger partial charge is 0.00199 e. The van der Waals surface area contributed by atoms with E-state index in [9.17, 15) is 0 Å². The fourth-order valence-electron chi connectivity index (χ4n) is 2.30. The lowest BCUT2D eigenvalue weighted by atomic mass is 9.93. The van der Waals surface area contributed by atoms with E-state index in [1.807, 2.05) is 0 Å². The SMILES string of the molecule is C1CC(CC2CCNC2)CN1. The summed E-state index contributed by atoms with van der Waals surface area (Å²) in [5, 5.41) is 6.85. The van der Waals surface area contributed by atoms with Crippen LogP contribution in [0.4, 0.5) is 0 Å². The Morgan fingerprint density at radius 1 is 0.909 bits per heavy atom. The maximum absolute atomic E-state index is 3.43. The molecular weight excluding hydrogens is 136 g/mol. The Kier molecular flexibility index (Phi) is 2.44. The molecule has 0 spiro atoms. The molecule has 64 valence electrons. The molecule has 0 aromatic rings. The molecule has 0 aromatic heterocycles. The van der Waals surface area contributed by atoms with Crippen molar-refractivity contribution in [3.8, 4) is 0 Å². The predicted molar refractivity (Wildman–Crippen MR) is 46.6 cm³/mol. The molecule has 0 saturated carbocycles. The fraction of sp³-hybridized carbons (Fsp3) is 1.00. The number of nitrogens with one attached hydrogen (secondary N) is 2. The lowest BCUT2D eigenvalue weighted by molar-refractivity contribution is 0.413. The van der Waals surface area contributed by atoms with Gasteiger partial charge in [-0.05, 0) is 57.3 Å². The second-order valence-corrected chi connectivity index (χ2v) is 3.95. The average molecular weight is 154 g/mol. The van der Waals surface area contributed by atoms with Crippen molar-refractivity contribution in [1.82, 2.24) is 10.6 Å². The Balaban J connectivity index is 1.71. The zero-order valence-corrected chi connectivity index (χ0v) is 7.10. The van der Waals surface area contributed by atoms with Gasteiger partial charge in [0.2, 0.25) is 0 Å². The van der Waals surface area contributed by atoms with Crippen LogP contribution in [0.2, 0.25) is 0 Å². The van der Waals surface area contributed by atoms with E-state index in [4.69, 9.17) is 0 Å². The predicted octanol–water partition coefficient (Wildman–Crippen LogP) is 0.596. The van der Waals surface area contributed by atoms with E-state index in [2.05, 4.69) is 10.6 Å². The third-order valence-electron chi connectivity index (χ3n) is 2.99. The van der Waals surface area contributed by atoms with Crippen LogP contribution in [0.15, 0.2) is 0 Å². The zero-order valence-electron chi connectivity index (χ0n) is 7.10. The highest BCUT2D eigenvalue weighted by Gasteiger charge is 2.21. The lowest BCUT2D eigenvalue weighted by Crippen LogP contribution is -2.15. The maximum atomic E-state index is 3.43. The monoisotopic (exact) mass is 154 g/mol. The quantitative estimate of drug-likeness (QED) is 0.608. The first-order chi connectivity index (χ1) is 5.45. The van der Waals surface area contributed by atoms with Crippen molar-refractivity contribution in [2.75, 3.05) is 26.2 Å². The van der Waals surface area contributed by atoms with E-state index < -0.39 is 0 Å². The first-order valence-electron chi connectivity index (χ1n) is 4.86. The summed E-state index contributed by atoms with van der Waals surface area (Å²) in [6.45, 7) is 5.06. The molecule has 2 nitrogen and oxygen atoms in total. The molecule has 2 N–H and O–H groups in total. The first-order valence-corrected chi connectivity index (χ1v) is 4.86. The van der Waals surface area contributed by atoms with Crippen LogP contribution in [0.25, 0.3) is 0 Å². The number of rotatable bonds is 2. The van der Waals surface area contributed by atoms with Gasteiger partial charge in [-0.2, -0.15) is 0 Å². The summed E-state index contributed by atoms with van der Waals surface area (Å²) < 4.78 is 0. The molecule has 2 fully saturated rings. The Labute approximate surface area is 68.7 Å². The van der Waals surface area contributed by atoms with Gasteiger partial charge in [0, 0.05) is 0 Å². The normalized spacial score (nSPS) is 38.2. The first kappa shape index (κ1) is 7.56. The van der Waals surface area contributed by atoms with Gasteiger partial charge < -0.3 is 10.6 Å². The van der Waals surface area contributed by atoms with Crippen LogP contribution >= 0.6 is 0 Å². The molecule has 0 radical (unpaired) electrons. The summed E-state index contributed by atoms with van der Waals surface area (Å²) in [4.78, 5) is 0. The summed E-state index contributed by atoms with van der Waals surface area (Å²) in [5.41, 5.74) is 0. The van der Waals surface area contributed by atoms with Crippen LogP contribution in [0.3, 0.4) is 0 Å². The van der Waals surface area contributed by atoms with Gasteiger partial charge in [-0.15, -0.1) is 0 Å². The molecule has 0 aliphatic carbocycles. The molecular formula is C9H18N2. The molecule has 11 heavy (non-hydrogen) atoms. The van der Waals surface area contributed by atoms with Crippen LogP contribution in [0.5, 0.6) is 0 Å². The number of hydrogen-bond acceptors (Lipinski definition) is 2. The highest BCUT2D eigenvalue weighted by atomic mass is 14.9. The van der Waals surface area contributed by atoms with Crippen LogP contribution < -0.4 is 10.6 Å². The van der Waals surface area contributed by atoms with E-state index in [-0.39, 0.29) is 0 Å². The van der Waals surface area contributed by atoms with Crippen molar-refractivity contribution in [3.05, 3.63) is 0 Å². The van der Waals surface area contributed by atoms with Crippen molar-refractivity contribution in [1.29, 1.82) is 0 Å². The van der Waals surface area contributed by atoms with Gasteiger partial charge in [0.1, 0.15) is 0 Å². The van der Waals surface area contributed by atoms with Crippen LogP contribution in [-0.4, -0.2) is 26.2 Å². The third-order valence-corrected chi connectivity index (χ3v) is 2.99. The highest BCUT2D eigenvalue weighted by molar-refractivity contribution is 4.78. The molecule has 2 atom stereocenters. The zero-order chi connectivity index (χ0) is 7.52. The summed E-state index contributed by atoms with van der Waals surface area (Å²) in [5.74, 6) is 1.97. The van der Waals surface area contributed by atoms with Gasteiger partial charge in [0.15, 0.2) is 0 Å². The van der Waals surface area contributed by atoms with Gasteiger partial charge in [0.05, 0.1) is 0 Å². The molecule has 2 heterocycles. The second kappa shape index (κ2) is 3.55. The summed E-state index contributed by atoms with van der Waals surface area (Å²) in [7, 11) is 0. The van der Waals surface area contributed by atoms with Crippen molar-refractivity contribution < 1.29 is 0 Å². The van der Waals surface area contributed by atoms with Crippen molar-refractivity contribution in [3.63, 3.8) is 0 Å². The Hall–Kier alpha value is -0.0800. The van der Waals surface area contributed by atoms with Crippen molar-refractivity contribution in [2.24, 2.45) is 11.8 Å². The van der Waals surface area contributed by atoms with Gasteiger partial charge >= 0.3 is 0 Å². The van der Waals surface area contributed by atoms with E-state index in [0.29, 0.717) is 0 Å². The molecule has 0 aromatic carbocycles. The lowest BCUT2D eigenvalue weighted by Gasteiger charge is -2.12. The summed E-state index contributed by atoms with van der Waals surface area (Å²) >= 11 is 0.